The highest BCUT2D eigenvalue weighted by Crippen LogP contribution is 2.17. The van der Waals surface area contributed by atoms with E-state index >= 15 is 0 Å². The molecule has 0 radical (unpaired) electrons. The standard InChI is InChI=1S/C11H21N3O2/c1-3-4-7-13-11(16)14-8-5-6-9(14)10(15)12-2/h9H,3-8H2,1-2H3,(H,12,15)(H,13,16)/t9-/m0/s1. The van der Waals surface area contributed by atoms with Gasteiger partial charge in [0.25, 0.3) is 0 Å². The van der Waals surface area contributed by atoms with Crippen molar-refractivity contribution in [2.24, 2.45) is 0 Å². The Morgan fingerprint density at radius 3 is 2.81 bits per heavy atom. The van der Waals surface area contributed by atoms with Gasteiger partial charge in [-0.05, 0) is 19.3 Å². The number of rotatable bonds is 4. The summed E-state index contributed by atoms with van der Waals surface area (Å²) >= 11 is 0. The van der Waals surface area contributed by atoms with E-state index in [1.807, 2.05) is 0 Å². The molecule has 1 heterocycles. The van der Waals surface area contributed by atoms with E-state index < -0.39 is 0 Å². The minimum absolute atomic E-state index is 0.0665. The van der Waals surface area contributed by atoms with Gasteiger partial charge in [0.05, 0.1) is 0 Å². The van der Waals surface area contributed by atoms with Crippen molar-refractivity contribution < 1.29 is 9.59 Å². The van der Waals surface area contributed by atoms with Gasteiger partial charge in [-0.15, -0.1) is 0 Å². The zero-order valence-electron chi connectivity index (χ0n) is 10.1. The average Bonchev–Trinajstić information content (AvgIpc) is 2.77. The Hall–Kier alpha value is -1.26. The Labute approximate surface area is 96.6 Å². The van der Waals surface area contributed by atoms with Crippen LogP contribution in [0.15, 0.2) is 0 Å². The third-order valence-electron chi connectivity index (χ3n) is 2.87. The summed E-state index contributed by atoms with van der Waals surface area (Å²) in [7, 11) is 1.60. The quantitative estimate of drug-likeness (QED) is 0.695. The highest BCUT2D eigenvalue weighted by molar-refractivity contribution is 5.87. The van der Waals surface area contributed by atoms with E-state index in [9.17, 15) is 9.59 Å². The van der Waals surface area contributed by atoms with Crippen LogP contribution in [0.3, 0.4) is 0 Å². The predicted octanol–water partition coefficient (Wildman–Crippen LogP) is 0.706. The summed E-state index contributed by atoms with van der Waals surface area (Å²) in [5.41, 5.74) is 0. The van der Waals surface area contributed by atoms with Gasteiger partial charge in [0.2, 0.25) is 5.91 Å². The number of urea groups is 1. The number of hydrogen-bond acceptors (Lipinski definition) is 2. The molecule has 0 aromatic carbocycles. The van der Waals surface area contributed by atoms with E-state index in [-0.39, 0.29) is 18.0 Å². The number of likely N-dealkylation sites (N-methyl/N-ethyl adjacent to an activating group) is 1. The lowest BCUT2D eigenvalue weighted by Crippen LogP contribution is -2.49. The molecular weight excluding hydrogens is 206 g/mol. The topological polar surface area (TPSA) is 61.4 Å². The van der Waals surface area contributed by atoms with Crippen molar-refractivity contribution in [3.63, 3.8) is 0 Å². The van der Waals surface area contributed by atoms with Crippen molar-refractivity contribution >= 4 is 11.9 Å². The van der Waals surface area contributed by atoms with Gasteiger partial charge in [-0.25, -0.2) is 4.79 Å². The molecule has 2 N–H and O–H groups in total. The fraction of sp³-hybridized carbons (Fsp3) is 0.818. The van der Waals surface area contributed by atoms with E-state index in [4.69, 9.17) is 0 Å². The summed E-state index contributed by atoms with van der Waals surface area (Å²) in [6.45, 7) is 3.44. The summed E-state index contributed by atoms with van der Waals surface area (Å²) in [6, 6.07) is -0.397. The molecule has 0 aliphatic carbocycles. The molecule has 0 unspecified atom stereocenters. The zero-order valence-corrected chi connectivity index (χ0v) is 10.1. The maximum atomic E-state index is 11.8. The third-order valence-corrected chi connectivity index (χ3v) is 2.87. The van der Waals surface area contributed by atoms with Crippen molar-refractivity contribution in [1.82, 2.24) is 15.5 Å². The van der Waals surface area contributed by atoms with Gasteiger partial charge in [-0.2, -0.15) is 0 Å². The van der Waals surface area contributed by atoms with Crippen LogP contribution in [0.4, 0.5) is 4.79 Å². The fourth-order valence-electron chi connectivity index (χ4n) is 1.92. The van der Waals surface area contributed by atoms with Gasteiger partial charge >= 0.3 is 6.03 Å². The minimum Gasteiger partial charge on any atom is -0.357 e. The van der Waals surface area contributed by atoms with Gasteiger partial charge < -0.3 is 15.5 Å². The second kappa shape index (κ2) is 6.35. The van der Waals surface area contributed by atoms with Crippen LogP contribution in [-0.2, 0) is 4.79 Å². The second-order valence-electron chi connectivity index (χ2n) is 4.05. The van der Waals surface area contributed by atoms with Crippen LogP contribution in [0.2, 0.25) is 0 Å². The number of hydrogen-bond donors (Lipinski definition) is 2. The first kappa shape index (κ1) is 12.8. The molecule has 1 rings (SSSR count). The monoisotopic (exact) mass is 227 g/mol. The third kappa shape index (κ3) is 3.12. The average molecular weight is 227 g/mol. The number of nitrogens with zero attached hydrogens (tertiary/aromatic N) is 1. The molecule has 1 fully saturated rings. The molecule has 0 saturated carbocycles. The molecule has 16 heavy (non-hydrogen) atoms. The van der Waals surface area contributed by atoms with Crippen molar-refractivity contribution in [3.05, 3.63) is 0 Å². The summed E-state index contributed by atoms with van der Waals surface area (Å²) in [5.74, 6) is -0.0665. The number of amides is 3. The van der Waals surface area contributed by atoms with E-state index in [1.54, 1.807) is 11.9 Å². The number of likely N-dealkylation sites (tertiary alicyclic amines) is 1. The van der Waals surface area contributed by atoms with Gasteiger partial charge in [-0.3, -0.25) is 4.79 Å². The molecule has 5 nitrogen and oxygen atoms in total. The van der Waals surface area contributed by atoms with Crippen LogP contribution in [0.25, 0.3) is 0 Å². The highest BCUT2D eigenvalue weighted by atomic mass is 16.2. The molecule has 0 aromatic heterocycles. The smallest absolute Gasteiger partial charge is 0.318 e. The molecule has 5 heteroatoms. The summed E-state index contributed by atoms with van der Waals surface area (Å²) in [4.78, 5) is 24.9. The van der Waals surface area contributed by atoms with E-state index in [2.05, 4.69) is 17.6 Å². The van der Waals surface area contributed by atoms with E-state index in [1.165, 1.54) is 0 Å². The molecule has 1 atom stereocenters. The SMILES string of the molecule is CCCCNC(=O)N1CCC[C@H]1C(=O)NC. The lowest BCUT2D eigenvalue weighted by molar-refractivity contribution is -0.124. The molecule has 0 bridgehead atoms. The first-order valence-corrected chi connectivity index (χ1v) is 5.96. The van der Waals surface area contributed by atoms with Crippen LogP contribution in [0, 0.1) is 0 Å². The van der Waals surface area contributed by atoms with Crippen molar-refractivity contribution in [2.75, 3.05) is 20.1 Å². The van der Waals surface area contributed by atoms with Crippen LogP contribution in [0.5, 0.6) is 0 Å². The van der Waals surface area contributed by atoms with Crippen LogP contribution >= 0.6 is 0 Å². The molecule has 92 valence electrons. The van der Waals surface area contributed by atoms with Crippen LogP contribution in [0.1, 0.15) is 32.6 Å². The maximum Gasteiger partial charge on any atom is 0.318 e. The first-order chi connectivity index (χ1) is 7.70. The number of nitrogens with one attached hydrogen (secondary N) is 2. The predicted molar refractivity (Wildman–Crippen MR) is 62.1 cm³/mol. The van der Waals surface area contributed by atoms with Crippen molar-refractivity contribution in [3.8, 4) is 0 Å². The highest BCUT2D eigenvalue weighted by Gasteiger charge is 2.33. The molecule has 1 saturated heterocycles. The zero-order chi connectivity index (χ0) is 12.0. The molecule has 3 amide bonds. The Balaban J connectivity index is 2.44. The summed E-state index contributed by atoms with van der Waals surface area (Å²) < 4.78 is 0. The first-order valence-electron chi connectivity index (χ1n) is 5.96. The van der Waals surface area contributed by atoms with Gasteiger partial charge in [-0.1, -0.05) is 13.3 Å². The Morgan fingerprint density at radius 2 is 2.19 bits per heavy atom. The lowest BCUT2D eigenvalue weighted by Gasteiger charge is -2.23. The van der Waals surface area contributed by atoms with E-state index in [0.29, 0.717) is 13.1 Å². The summed E-state index contributed by atoms with van der Waals surface area (Å²) in [5, 5.41) is 5.44. The van der Waals surface area contributed by atoms with Gasteiger partial charge in [0.15, 0.2) is 0 Å². The Bertz CT molecular complexity index is 256. The molecular formula is C11H21N3O2. The van der Waals surface area contributed by atoms with E-state index in [0.717, 1.165) is 25.7 Å². The van der Waals surface area contributed by atoms with Crippen LogP contribution < -0.4 is 10.6 Å². The van der Waals surface area contributed by atoms with Crippen molar-refractivity contribution in [1.29, 1.82) is 0 Å². The Kier molecular flexibility index (Phi) is 5.08. The maximum absolute atomic E-state index is 11.8. The van der Waals surface area contributed by atoms with Gasteiger partial charge in [0, 0.05) is 20.1 Å². The lowest BCUT2D eigenvalue weighted by atomic mass is 10.2. The number of unbranched alkanes of at least 4 members (excludes halogenated alkanes) is 1. The number of carbonyl (C=O) groups is 2. The van der Waals surface area contributed by atoms with Crippen LogP contribution in [-0.4, -0.2) is 43.0 Å². The second-order valence-corrected chi connectivity index (χ2v) is 4.05. The normalized spacial score (nSPS) is 19.6. The number of carbonyl (C=O) groups excluding carboxylic acids is 2. The summed E-state index contributed by atoms with van der Waals surface area (Å²) in [6.07, 6.45) is 3.70. The Morgan fingerprint density at radius 1 is 1.44 bits per heavy atom. The molecule has 1 aliphatic rings. The molecule has 0 spiro atoms. The molecule has 1 aliphatic heterocycles. The molecule has 0 aromatic rings. The largest absolute Gasteiger partial charge is 0.357 e. The van der Waals surface area contributed by atoms with Crippen molar-refractivity contribution in [2.45, 2.75) is 38.6 Å². The minimum atomic E-state index is -0.286. The van der Waals surface area contributed by atoms with Gasteiger partial charge in [0.1, 0.15) is 6.04 Å². The fourth-order valence-corrected chi connectivity index (χ4v) is 1.92.